The van der Waals surface area contributed by atoms with E-state index in [1.165, 1.54) is 63.7 Å². The van der Waals surface area contributed by atoms with Crippen LogP contribution in [0.2, 0.25) is 0 Å². The molecule has 4 rings (SSSR count). The molecule has 1 atom stereocenters. The largest absolute Gasteiger partial charge is 0.490 e. The minimum absolute atomic E-state index is 0. The van der Waals surface area contributed by atoms with Crippen LogP contribution in [0.15, 0.2) is 29.3 Å². The van der Waals surface area contributed by atoms with Crippen LogP contribution >= 0.6 is 24.0 Å². The molecule has 1 aliphatic carbocycles. The summed E-state index contributed by atoms with van der Waals surface area (Å²) in [5.74, 6) is 2.85. The Kier molecular flexibility index (Phi) is 8.90. The van der Waals surface area contributed by atoms with Crippen molar-refractivity contribution in [1.82, 2.24) is 15.1 Å². The first kappa shape index (κ1) is 22.7. The zero-order valence-electron chi connectivity index (χ0n) is 17.8. The fraction of sp³-hybridized carbons (Fsp3) is 0.696. The molecule has 0 bridgehead atoms. The van der Waals surface area contributed by atoms with Gasteiger partial charge in [0.2, 0.25) is 0 Å². The number of hydrogen-bond acceptors (Lipinski definition) is 3. The fourth-order valence-electron chi connectivity index (χ4n) is 4.51. The van der Waals surface area contributed by atoms with Crippen molar-refractivity contribution in [1.29, 1.82) is 0 Å². The molecule has 162 valence electrons. The van der Waals surface area contributed by atoms with E-state index in [2.05, 4.69) is 46.3 Å². The summed E-state index contributed by atoms with van der Waals surface area (Å²) in [4.78, 5) is 10.1. The maximum absolute atomic E-state index is 6.18. The van der Waals surface area contributed by atoms with E-state index in [-0.39, 0.29) is 24.0 Å². The molecule has 5 nitrogen and oxygen atoms in total. The first-order chi connectivity index (χ1) is 13.8. The van der Waals surface area contributed by atoms with Gasteiger partial charge in [-0.25, -0.2) is 4.99 Å². The molecule has 1 unspecified atom stereocenters. The van der Waals surface area contributed by atoms with Crippen LogP contribution in [0.25, 0.3) is 0 Å². The van der Waals surface area contributed by atoms with Gasteiger partial charge in [-0.15, -0.1) is 24.0 Å². The molecule has 2 heterocycles. The predicted octanol–water partition coefficient (Wildman–Crippen LogP) is 4.12. The second kappa shape index (κ2) is 11.4. The quantitative estimate of drug-likeness (QED) is 0.339. The standard InChI is InChI=1S/C23H36N4O.HI/c1-2-24-23(27-15-12-19(18-27)17-26-13-5-6-14-26)25-16-20-8-3-4-11-22(20)28-21-9-7-10-21;/h3-4,8,11,19,21H,2,5-7,9-10,12-18H2,1H3,(H,24,25);1H. The van der Waals surface area contributed by atoms with E-state index >= 15 is 0 Å². The van der Waals surface area contributed by atoms with E-state index in [0.29, 0.717) is 12.6 Å². The first-order valence-electron chi connectivity index (χ1n) is 11.3. The van der Waals surface area contributed by atoms with Gasteiger partial charge in [0.25, 0.3) is 0 Å². The summed E-state index contributed by atoms with van der Waals surface area (Å²) < 4.78 is 6.18. The summed E-state index contributed by atoms with van der Waals surface area (Å²) in [7, 11) is 0. The third-order valence-electron chi connectivity index (χ3n) is 6.35. The molecule has 1 aromatic carbocycles. The van der Waals surface area contributed by atoms with Gasteiger partial charge in [0.1, 0.15) is 5.75 Å². The van der Waals surface area contributed by atoms with E-state index < -0.39 is 0 Å². The van der Waals surface area contributed by atoms with E-state index in [1.807, 2.05) is 0 Å². The number of hydrogen-bond donors (Lipinski definition) is 1. The third kappa shape index (κ3) is 6.23. The van der Waals surface area contributed by atoms with Gasteiger partial charge in [0.15, 0.2) is 5.96 Å². The van der Waals surface area contributed by atoms with Crippen molar-refractivity contribution in [3.63, 3.8) is 0 Å². The van der Waals surface area contributed by atoms with Gasteiger partial charge in [-0.3, -0.25) is 0 Å². The van der Waals surface area contributed by atoms with Gasteiger partial charge in [-0.05, 0) is 70.5 Å². The van der Waals surface area contributed by atoms with Crippen molar-refractivity contribution in [2.24, 2.45) is 10.9 Å². The molecule has 1 N–H and O–H groups in total. The highest BCUT2D eigenvalue weighted by Crippen LogP contribution is 2.28. The predicted molar refractivity (Wildman–Crippen MR) is 130 cm³/mol. The van der Waals surface area contributed by atoms with E-state index in [0.717, 1.165) is 37.3 Å². The lowest BCUT2D eigenvalue weighted by Gasteiger charge is -2.27. The lowest BCUT2D eigenvalue weighted by atomic mass is 9.96. The lowest BCUT2D eigenvalue weighted by molar-refractivity contribution is 0.119. The smallest absolute Gasteiger partial charge is 0.194 e. The number of rotatable bonds is 7. The number of halogens is 1. The number of nitrogens with one attached hydrogen (secondary N) is 1. The van der Waals surface area contributed by atoms with Crippen molar-refractivity contribution in [3.05, 3.63) is 29.8 Å². The van der Waals surface area contributed by atoms with Crippen LogP contribution in [0.5, 0.6) is 5.75 Å². The Balaban J connectivity index is 0.00000240. The van der Waals surface area contributed by atoms with Crippen LogP contribution in [0, 0.1) is 5.92 Å². The molecule has 3 fully saturated rings. The number of likely N-dealkylation sites (tertiary alicyclic amines) is 2. The Labute approximate surface area is 193 Å². The molecule has 0 spiro atoms. The Morgan fingerprint density at radius 3 is 2.62 bits per heavy atom. The maximum atomic E-state index is 6.18. The second-order valence-corrected chi connectivity index (χ2v) is 8.56. The summed E-state index contributed by atoms with van der Waals surface area (Å²) in [6, 6.07) is 8.41. The minimum atomic E-state index is 0. The van der Waals surface area contributed by atoms with Gasteiger partial charge >= 0.3 is 0 Å². The highest BCUT2D eigenvalue weighted by molar-refractivity contribution is 14.0. The monoisotopic (exact) mass is 512 g/mol. The molecule has 2 aliphatic heterocycles. The highest BCUT2D eigenvalue weighted by Gasteiger charge is 2.27. The van der Waals surface area contributed by atoms with Crippen molar-refractivity contribution in [3.8, 4) is 5.75 Å². The van der Waals surface area contributed by atoms with Crippen molar-refractivity contribution < 1.29 is 4.74 Å². The molecule has 1 saturated carbocycles. The van der Waals surface area contributed by atoms with E-state index in [1.54, 1.807) is 0 Å². The Morgan fingerprint density at radius 2 is 1.90 bits per heavy atom. The normalized spacial score (nSPS) is 23.0. The molecule has 29 heavy (non-hydrogen) atoms. The molecule has 0 aromatic heterocycles. The third-order valence-corrected chi connectivity index (χ3v) is 6.35. The number of aliphatic imine (C=N–C) groups is 1. The van der Waals surface area contributed by atoms with Gasteiger partial charge in [0.05, 0.1) is 12.6 Å². The zero-order chi connectivity index (χ0) is 19.2. The number of nitrogens with zero attached hydrogens (tertiary/aromatic N) is 3. The molecule has 3 aliphatic rings. The topological polar surface area (TPSA) is 40.1 Å². The van der Waals surface area contributed by atoms with Crippen LogP contribution in [0.3, 0.4) is 0 Å². The summed E-state index contributed by atoms with van der Waals surface area (Å²) in [5, 5.41) is 3.51. The Bertz CT molecular complexity index is 658. The zero-order valence-corrected chi connectivity index (χ0v) is 20.1. The number of benzene rings is 1. The molecule has 2 saturated heterocycles. The average molecular weight is 512 g/mol. The van der Waals surface area contributed by atoms with Crippen molar-refractivity contribution in [2.45, 2.75) is 58.1 Å². The summed E-state index contributed by atoms with van der Waals surface area (Å²) in [6.07, 6.45) is 8.11. The van der Waals surface area contributed by atoms with Gasteiger partial charge < -0.3 is 19.9 Å². The molecular formula is C23H37IN4O. The number of ether oxygens (including phenoxy) is 1. The summed E-state index contributed by atoms with van der Waals surface area (Å²) >= 11 is 0. The SMILES string of the molecule is CCNC(=NCc1ccccc1OC1CCC1)N1CCC(CN2CCCC2)C1.I. The van der Waals surface area contributed by atoms with Crippen LogP contribution in [0.4, 0.5) is 0 Å². The van der Waals surface area contributed by atoms with Gasteiger partial charge in [0, 0.05) is 31.7 Å². The maximum Gasteiger partial charge on any atom is 0.194 e. The van der Waals surface area contributed by atoms with Crippen molar-refractivity contribution >= 4 is 29.9 Å². The minimum Gasteiger partial charge on any atom is -0.490 e. The molecule has 0 amide bonds. The van der Waals surface area contributed by atoms with E-state index in [4.69, 9.17) is 9.73 Å². The van der Waals surface area contributed by atoms with Crippen LogP contribution in [-0.4, -0.2) is 61.1 Å². The fourth-order valence-corrected chi connectivity index (χ4v) is 4.51. The number of guanidine groups is 1. The second-order valence-electron chi connectivity index (χ2n) is 8.56. The summed E-state index contributed by atoms with van der Waals surface area (Å²) in [6.45, 7) is 9.83. The van der Waals surface area contributed by atoms with E-state index in [9.17, 15) is 0 Å². The lowest BCUT2D eigenvalue weighted by Crippen LogP contribution is -2.40. The van der Waals surface area contributed by atoms with Gasteiger partial charge in [-0.2, -0.15) is 0 Å². The van der Waals surface area contributed by atoms with Crippen molar-refractivity contribution in [2.75, 3.05) is 39.3 Å². The van der Waals surface area contributed by atoms with Crippen LogP contribution in [-0.2, 0) is 6.54 Å². The van der Waals surface area contributed by atoms with Crippen LogP contribution < -0.4 is 10.1 Å². The average Bonchev–Trinajstić information content (AvgIpc) is 3.35. The van der Waals surface area contributed by atoms with Crippen LogP contribution in [0.1, 0.15) is 51.0 Å². The Morgan fingerprint density at radius 1 is 1.10 bits per heavy atom. The number of para-hydroxylation sites is 1. The molecule has 6 heteroatoms. The molecule has 0 radical (unpaired) electrons. The molecule has 1 aromatic rings. The Hall–Kier alpha value is -1.02. The van der Waals surface area contributed by atoms with Gasteiger partial charge in [-0.1, -0.05) is 18.2 Å². The highest BCUT2D eigenvalue weighted by atomic mass is 127. The summed E-state index contributed by atoms with van der Waals surface area (Å²) in [5.41, 5.74) is 1.19. The molecular weight excluding hydrogens is 475 g/mol. The first-order valence-corrected chi connectivity index (χ1v) is 11.3.